The second-order valence-corrected chi connectivity index (χ2v) is 7.78. The Hall–Kier alpha value is -2.63. The third-order valence-corrected chi connectivity index (χ3v) is 5.94. The van der Waals surface area contributed by atoms with Crippen LogP contribution < -0.4 is 10.7 Å². The summed E-state index contributed by atoms with van der Waals surface area (Å²) in [5, 5.41) is 15.7. The molecule has 2 aliphatic carbocycles. The number of amides is 2. The summed E-state index contributed by atoms with van der Waals surface area (Å²) < 4.78 is 0. The van der Waals surface area contributed by atoms with E-state index in [1.165, 1.54) is 19.3 Å². The van der Waals surface area contributed by atoms with E-state index in [1.807, 2.05) is 36.5 Å². The topological polar surface area (TPSA) is 90.8 Å². The van der Waals surface area contributed by atoms with E-state index in [2.05, 4.69) is 28.0 Å². The summed E-state index contributed by atoms with van der Waals surface area (Å²) in [4.78, 5) is 22.5. The molecular weight excluding hydrogens is 354 g/mol. The van der Waals surface area contributed by atoms with Gasteiger partial charge in [0.05, 0.1) is 0 Å². The number of fused-ring (bicyclic) bond motifs is 2. The van der Waals surface area contributed by atoms with Crippen LogP contribution in [-0.2, 0) is 4.79 Å². The van der Waals surface area contributed by atoms with E-state index < -0.39 is 5.97 Å². The Balaban J connectivity index is 1.46. The summed E-state index contributed by atoms with van der Waals surface area (Å²) in [5.74, 6) is 1.64. The third kappa shape index (κ3) is 5.68. The molecule has 6 heteroatoms. The number of hydrogen-bond donors (Lipinski definition) is 3. The minimum absolute atomic E-state index is 0.227. The van der Waals surface area contributed by atoms with Gasteiger partial charge in [0.15, 0.2) is 0 Å². The zero-order valence-electron chi connectivity index (χ0n) is 16.1. The van der Waals surface area contributed by atoms with Gasteiger partial charge in [-0.1, -0.05) is 30.4 Å². The number of aliphatic carboxylic acids is 1. The SMILES string of the molecule is O=C(O)CCC/C=C/CC1C2CCC(C2)C1/C=N/NC(=O)Nc1ccccc1. The van der Waals surface area contributed by atoms with Crippen molar-refractivity contribution in [3.05, 3.63) is 42.5 Å². The average Bonchev–Trinajstić information content (AvgIpc) is 3.27. The van der Waals surface area contributed by atoms with E-state index >= 15 is 0 Å². The largest absolute Gasteiger partial charge is 0.481 e. The molecule has 3 N–H and O–H groups in total. The second kappa shape index (κ2) is 10.1. The molecule has 4 atom stereocenters. The Labute approximate surface area is 166 Å². The van der Waals surface area contributed by atoms with Crippen LogP contribution in [0.3, 0.4) is 0 Å². The van der Waals surface area contributed by atoms with Gasteiger partial charge in [-0.25, -0.2) is 10.2 Å². The van der Waals surface area contributed by atoms with Gasteiger partial charge in [0.1, 0.15) is 0 Å². The van der Waals surface area contributed by atoms with Crippen LogP contribution in [0.1, 0.15) is 44.9 Å². The molecule has 28 heavy (non-hydrogen) atoms. The smallest absolute Gasteiger partial charge is 0.339 e. The van der Waals surface area contributed by atoms with Crippen LogP contribution in [0.4, 0.5) is 10.5 Å². The normalized spacial score (nSPS) is 26.1. The van der Waals surface area contributed by atoms with E-state index in [1.54, 1.807) is 0 Å². The molecule has 0 aromatic heterocycles. The van der Waals surface area contributed by atoms with Crippen LogP contribution >= 0.6 is 0 Å². The lowest BCUT2D eigenvalue weighted by atomic mass is 9.78. The maximum Gasteiger partial charge on any atom is 0.339 e. The first-order valence-corrected chi connectivity index (χ1v) is 10.2. The number of carboxylic acid groups (broad SMARTS) is 1. The van der Waals surface area contributed by atoms with Crippen LogP contribution in [0.5, 0.6) is 0 Å². The summed E-state index contributed by atoms with van der Waals surface area (Å²) in [6, 6.07) is 8.97. The lowest BCUT2D eigenvalue weighted by Gasteiger charge is -2.27. The maximum atomic E-state index is 12.0. The predicted octanol–water partition coefficient (Wildman–Crippen LogP) is 4.66. The van der Waals surface area contributed by atoms with E-state index in [0.717, 1.165) is 24.4 Å². The molecule has 0 radical (unpaired) electrons. The first-order chi connectivity index (χ1) is 13.6. The highest BCUT2D eigenvalue weighted by Crippen LogP contribution is 2.52. The molecule has 6 nitrogen and oxygen atoms in total. The molecule has 0 spiro atoms. The van der Waals surface area contributed by atoms with Gasteiger partial charge in [-0.15, -0.1) is 0 Å². The fourth-order valence-corrected chi connectivity index (χ4v) is 4.64. The number of carbonyl (C=O) groups is 2. The molecule has 2 amide bonds. The van der Waals surface area contributed by atoms with Crippen LogP contribution in [0.15, 0.2) is 47.6 Å². The molecule has 0 aliphatic heterocycles. The first-order valence-electron chi connectivity index (χ1n) is 10.2. The minimum atomic E-state index is -0.735. The Morgan fingerprint density at radius 3 is 2.71 bits per heavy atom. The number of rotatable bonds is 9. The van der Waals surface area contributed by atoms with Gasteiger partial charge in [-0.3, -0.25) is 4.79 Å². The Kier molecular flexibility index (Phi) is 7.23. The van der Waals surface area contributed by atoms with Crippen molar-refractivity contribution >= 4 is 23.9 Å². The molecular formula is C22H29N3O3. The number of hydrazone groups is 1. The van der Waals surface area contributed by atoms with Crippen molar-refractivity contribution in [3.63, 3.8) is 0 Å². The maximum absolute atomic E-state index is 12.0. The Bertz CT molecular complexity index is 717. The van der Waals surface area contributed by atoms with Crippen molar-refractivity contribution in [1.29, 1.82) is 0 Å². The number of para-hydroxylation sites is 1. The van der Waals surface area contributed by atoms with E-state index in [9.17, 15) is 9.59 Å². The third-order valence-electron chi connectivity index (χ3n) is 5.94. The lowest BCUT2D eigenvalue weighted by Crippen LogP contribution is -2.27. The molecule has 2 aliphatic rings. The van der Waals surface area contributed by atoms with Crippen molar-refractivity contribution in [2.24, 2.45) is 28.8 Å². The highest BCUT2D eigenvalue weighted by Gasteiger charge is 2.45. The van der Waals surface area contributed by atoms with E-state index in [-0.39, 0.29) is 12.5 Å². The van der Waals surface area contributed by atoms with Crippen LogP contribution in [0, 0.1) is 23.7 Å². The van der Waals surface area contributed by atoms with Crippen LogP contribution in [-0.4, -0.2) is 23.3 Å². The summed E-state index contributed by atoms with van der Waals surface area (Å²) in [7, 11) is 0. The Morgan fingerprint density at radius 1 is 1.14 bits per heavy atom. The van der Waals surface area contributed by atoms with Gasteiger partial charge in [0.2, 0.25) is 0 Å². The molecule has 0 heterocycles. The highest BCUT2D eigenvalue weighted by atomic mass is 16.4. The van der Waals surface area contributed by atoms with Crippen molar-refractivity contribution in [2.75, 3.05) is 5.32 Å². The molecule has 3 rings (SSSR count). The number of benzene rings is 1. The quantitative estimate of drug-likeness (QED) is 0.251. The molecule has 150 valence electrons. The number of anilines is 1. The fraction of sp³-hybridized carbons (Fsp3) is 0.500. The van der Waals surface area contributed by atoms with E-state index in [0.29, 0.717) is 24.2 Å². The fourth-order valence-electron chi connectivity index (χ4n) is 4.64. The summed E-state index contributed by atoms with van der Waals surface area (Å²) in [6.07, 6.45) is 12.7. The second-order valence-electron chi connectivity index (χ2n) is 7.78. The number of carbonyl (C=O) groups excluding carboxylic acids is 1. The first kappa shape index (κ1) is 20.1. The van der Waals surface area contributed by atoms with Crippen LogP contribution in [0.25, 0.3) is 0 Å². The molecule has 1 aromatic rings. The average molecular weight is 383 g/mol. The summed E-state index contributed by atoms with van der Waals surface area (Å²) in [6.45, 7) is 0. The number of allylic oxidation sites excluding steroid dienone is 2. The summed E-state index contributed by atoms with van der Waals surface area (Å²) in [5.41, 5.74) is 3.32. The minimum Gasteiger partial charge on any atom is -0.481 e. The van der Waals surface area contributed by atoms with Gasteiger partial charge in [-0.05, 0) is 68.4 Å². The molecule has 2 saturated carbocycles. The van der Waals surface area contributed by atoms with Crippen molar-refractivity contribution in [1.82, 2.24) is 5.43 Å². The highest BCUT2D eigenvalue weighted by molar-refractivity contribution is 5.89. The lowest BCUT2D eigenvalue weighted by molar-refractivity contribution is -0.137. The van der Waals surface area contributed by atoms with Gasteiger partial charge in [-0.2, -0.15) is 5.10 Å². The number of nitrogens with zero attached hydrogens (tertiary/aromatic N) is 1. The van der Waals surface area contributed by atoms with E-state index in [4.69, 9.17) is 5.11 Å². The monoisotopic (exact) mass is 383 g/mol. The van der Waals surface area contributed by atoms with Gasteiger partial charge >= 0.3 is 12.0 Å². The standard InChI is InChI=1S/C22H29N3O3/c26-21(27)11-7-2-1-6-10-19-16-12-13-17(14-16)20(19)15-23-25-22(28)24-18-8-4-3-5-9-18/h1,3-6,8-9,15-17,19-20H,2,7,10-14H2,(H,26,27)(H2,24,25,28)/b6-1+,23-15+. The van der Waals surface area contributed by atoms with Gasteiger partial charge < -0.3 is 10.4 Å². The number of carboxylic acids is 1. The molecule has 2 bridgehead atoms. The molecule has 0 saturated heterocycles. The Morgan fingerprint density at radius 2 is 1.93 bits per heavy atom. The van der Waals surface area contributed by atoms with Crippen molar-refractivity contribution in [2.45, 2.75) is 44.9 Å². The number of unbranched alkanes of at least 4 members (excludes halogenated alkanes) is 1. The predicted molar refractivity (Wildman–Crippen MR) is 110 cm³/mol. The van der Waals surface area contributed by atoms with Gasteiger partial charge in [0, 0.05) is 24.2 Å². The zero-order valence-corrected chi connectivity index (χ0v) is 16.1. The summed E-state index contributed by atoms with van der Waals surface area (Å²) >= 11 is 0. The zero-order chi connectivity index (χ0) is 19.8. The number of hydrogen-bond acceptors (Lipinski definition) is 3. The molecule has 2 fully saturated rings. The molecule has 4 unspecified atom stereocenters. The van der Waals surface area contributed by atoms with Crippen molar-refractivity contribution < 1.29 is 14.7 Å². The number of urea groups is 1. The van der Waals surface area contributed by atoms with Crippen LogP contribution in [0.2, 0.25) is 0 Å². The van der Waals surface area contributed by atoms with Crippen molar-refractivity contribution in [3.8, 4) is 0 Å². The number of nitrogens with one attached hydrogen (secondary N) is 2. The molecule has 1 aromatic carbocycles. The van der Waals surface area contributed by atoms with Gasteiger partial charge in [0.25, 0.3) is 0 Å².